The lowest BCUT2D eigenvalue weighted by Gasteiger charge is -1.62. The third-order valence-corrected chi connectivity index (χ3v) is 0. The van der Waals surface area contributed by atoms with Gasteiger partial charge in [-0.05, 0) is 7.05 Å². The number of nitrogens with one attached hydrogen (secondary N) is 1. The highest BCUT2D eigenvalue weighted by Gasteiger charge is 1.22. The fourth-order valence-electron chi connectivity index (χ4n) is 0. The second-order valence-corrected chi connectivity index (χ2v) is 0.289. The molecule has 4 N–H and O–H groups in total. The summed E-state index contributed by atoms with van der Waals surface area (Å²) in [5.74, 6) is 4.60. The molecule has 5 heavy (non-hydrogen) atoms. The number of aliphatic hydroxyl groups excluding tert-OH is 1. The molecule has 0 bridgehead atoms. The minimum absolute atomic E-state index is 1.00. The summed E-state index contributed by atoms with van der Waals surface area (Å²) in [4.78, 5) is 0. The van der Waals surface area contributed by atoms with Gasteiger partial charge in [-0.3, -0.25) is 11.3 Å². The van der Waals surface area contributed by atoms with Crippen LogP contribution in [0.2, 0.25) is 0 Å². The zero-order chi connectivity index (χ0) is 4.71. The van der Waals surface area contributed by atoms with Crippen LogP contribution in [0.25, 0.3) is 0 Å². The van der Waals surface area contributed by atoms with E-state index in [1.54, 1.807) is 7.05 Å². The Labute approximate surface area is 31.8 Å². The monoisotopic (exact) mass is 78.1 g/mol. The summed E-state index contributed by atoms with van der Waals surface area (Å²) >= 11 is 0. The number of hydrazine groups is 1. The minimum atomic E-state index is 1.00. The van der Waals surface area contributed by atoms with Crippen LogP contribution in [0.4, 0.5) is 0 Å². The van der Waals surface area contributed by atoms with E-state index in [1.807, 2.05) is 0 Å². The van der Waals surface area contributed by atoms with Crippen molar-refractivity contribution < 1.29 is 5.11 Å². The van der Waals surface area contributed by atoms with Gasteiger partial charge in [-0.2, -0.15) is 0 Å². The first-order valence-electron chi connectivity index (χ1n) is 1.24. The predicted octanol–water partition coefficient (Wildman–Crippen LogP) is -1.31. The van der Waals surface area contributed by atoms with Crippen molar-refractivity contribution in [3.05, 3.63) is 0 Å². The van der Waals surface area contributed by atoms with Crippen LogP contribution in [0, 0.1) is 0 Å². The predicted molar refractivity (Wildman–Crippen MR) is 21.4 cm³/mol. The standard InChI is InChI=1S/CH6N2.CH4O/c1-3-2;1-2/h3H,2H2,1H3;2H,1H3. The lowest BCUT2D eigenvalue weighted by molar-refractivity contribution is 0.399. The summed E-state index contributed by atoms with van der Waals surface area (Å²) in [6, 6.07) is 0. The van der Waals surface area contributed by atoms with Gasteiger partial charge >= 0.3 is 0 Å². The van der Waals surface area contributed by atoms with Crippen molar-refractivity contribution in [2.45, 2.75) is 0 Å². The Bertz CT molecular complexity index is 7.61. The highest BCUT2D eigenvalue weighted by atomic mass is 16.2. The molecule has 34 valence electrons. The van der Waals surface area contributed by atoms with E-state index < -0.39 is 0 Å². The first-order chi connectivity index (χ1) is 2.41. The molecule has 0 atom stereocenters. The van der Waals surface area contributed by atoms with E-state index >= 15 is 0 Å². The Balaban J connectivity index is 0. The molecule has 0 saturated carbocycles. The molecule has 0 aromatic rings. The van der Waals surface area contributed by atoms with Crippen LogP contribution in [0.15, 0.2) is 0 Å². The molecule has 0 unspecified atom stereocenters. The van der Waals surface area contributed by atoms with Crippen molar-refractivity contribution >= 4 is 0 Å². The summed E-state index contributed by atoms with van der Waals surface area (Å²) < 4.78 is 0. The van der Waals surface area contributed by atoms with Gasteiger partial charge in [-0.25, -0.2) is 0 Å². The second kappa shape index (κ2) is 41.6. The van der Waals surface area contributed by atoms with Gasteiger partial charge in [-0.1, -0.05) is 0 Å². The number of aliphatic hydroxyl groups is 1. The lowest BCUT2D eigenvalue weighted by atomic mass is 11.5. The molecule has 0 rings (SSSR count). The average Bonchev–Trinajstić information content (AvgIpc) is 1.46. The van der Waals surface area contributed by atoms with Crippen LogP contribution in [-0.2, 0) is 0 Å². The van der Waals surface area contributed by atoms with Crippen molar-refractivity contribution in [1.29, 1.82) is 0 Å². The molecular weight excluding hydrogens is 68.0 g/mol. The van der Waals surface area contributed by atoms with E-state index in [4.69, 9.17) is 5.11 Å². The largest absolute Gasteiger partial charge is 0.400 e. The zero-order valence-corrected chi connectivity index (χ0v) is 3.52. The zero-order valence-electron chi connectivity index (χ0n) is 3.52. The molecule has 0 amide bonds. The molecule has 0 aliphatic rings. The molecule has 0 radical (unpaired) electrons. The SMILES string of the molecule is CNN.CO. The summed E-state index contributed by atoms with van der Waals surface area (Å²) in [7, 11) is 2.65. The highest BCUT2D eigenvalue weighted by molar-refractivity contribution is 3.79. The smallest absolute Gasteiger partial charge is 0.0319 e. The lowest BCUT2D eigenvalue weighted by Crippen LogP contribution is -2.13. The van der Waals surface area contributed by atoms with E-state index in [1.165, 1.54) is 0 Å². The molecule has 0 aliphatic heterocycles. The van der Waals surface area contributed by atoms with Crippen molar-refractivity contribution in [3.63, 3.8) is 0 Å². The van der Waals surface area contributed by atoms with Crippen LogP contribution in [0.1, 0.15) is 0 Å². The van der Waals surface area contributed by atoms with Crippen molar-refractivity contribution in [2.24, 2.45) is 5.84 Å². The van der Waals surface area contributed by atoms with Crippen LogP contribution >= 0.6 is 0 Å². The van der Waals surface area contributed by atoms with Crippen LogP contribution in [0.5, 0.6) is 0 Å². The summed E-state index contributed by atoms with van der Waals surface area (Å²) in [5.41, 5.74) is 2.25. The van der Waals surface area contributed by atoms with Gasteiger partial charge in [0.2, 0.25) is 0 Å². The summed E-state index contributed by atoms with van der Waals surface area (Å²) in [6.07, 6.45) is 0. The molecule has 0 aliphatic carbocycles. The average molecular weight is 78.1 g/mol. The quantitative estimate of drug-likeness (QED) is 0.249. The second-order valence-electron chi connectivity index (χ2n) is 0.289. The Morgan fingerprint density at radius 3 is 1.60 bits per heavy atom. The first-order valence-corrected chi connectivity index (χ1v) is 1.24. The van der Waals surface area contributed by atoms with Gasteiger partial charge in [0.1, 0.15) is 0 Å². The van der Waals surface area contributed by atoms with Gasteiger partial charge in [0.15, 0.2) is 0 Å². The Morgan fingerprint density at radius 1 is 1.60 bits per heavy atom. The number of rotatable bonds is 0. The third kappa shape index (κ3) is 952. The van der Waals surface area contributed by atoms with Gasteiger partial charge in [0.25, 0.3) is 0 Å². The molecular formula is C2H10N2O. The van der Waals surface area contributed by atoms with Gasteiger partial charge in [-0.15, -0.1) is 0 Å². The Hall–Kier alpha value is -0.120. The Kier molecular flexibility index (Phi) is 73.6. The maximum absolute atomic E-state index is 7.00. The topological polar surface area (TPSA) is 58.3 Å². The van der Waals surface area contributed by atoms with E-state index in [-0.39, 0.29) is 0 Å². The van der Waals surface area contributed by atoms with Crippen molar-refractivity contribution in [3.8, 4) is 0 Å². The fourth-order valence-corrected chi connectivity index (χ4v) is 0. The highest BCUT2D eigenvalue weighted by Crippen LogP contribution is 0.817. The maximum Gasteiger partial charge on any atom is 0.0319 e. The first kappa shape index (κ1) is 8.86. The molecule has 3 heteroatoms. The number of hydrogen-bond acceptors (Lipinski definition) is 3. The number of hydrogen-bond donors (Lipinski definition) is 3. The number of nitrogens with two attached hydrogens (primary N) is 1. The van der Waals surface area contributed by atoms with Crippen molar-refractivity contribution in [1.82, 2.24) is 5.43 Å². The van der Waals surface area contributed by atoms with Crippen LogP contribution < -0.4 is 11.3 Å². The Morgan fingerprint density at radius 2 is 1.60 bits per heavy atom. The maximum atomic E-state index is 7.00. The molecule has 0 aromatic carbocycles. The third-order valence-electron chi connectivity index (χ3n) is 0. The van der Waals surface area contributed by atoms with Crippen LogP contribution in [0.3, 0.4) is 0 Å². The molecule has 0 fully saturated rings. The van der Waals surface area contributed by atoms with Gasteiger partial charge in [0, 0.05) is 7.11 Å². The molecule has 3 nitrogen and oxygen atoms in total. The van der Waals surface area contributed by atoms with E-state index in [2.05, 4.69) is 11.3 Å². The molecule has 0 spiro atoms. The van der Waals surface area contributed by atoms with Crippen molar-refractivity contribution in [2.75, 3.05) is 14.2 Å². The van der Waals surface area contributed by atoms with E-state index in [0.29, 0.717) is 0 Å². The molecule has 0 heterocycles. The van der Waals surface area contributed by atoms with Gasteiger partial charge in [0.05, 0.1) is 0 Å². The van der Waals surface area contributed by atoms with Gasteiger partial charge < -0.3 is 5.11 Å². The molecule has 0 saturated heterocycles. The normalized spacial score (nSPS) is 4.80. The van der Waals surface area contributed by atoms with Crippen LogP contribution in [-0.4, -0.2) is 19.3 Å². The summed E-state index contributed by atoms with van der Waals surface area (Å²) in [5, 5.41) is 7.00. The summed E-state index contributed by atoms with van der Waals surface area (Å²) in [6.45, 7) is 0. The fraction of sp³-hybridized carbons (Fsp3) is 1.00. The minimum Gasteiger partial charge on any atom is -0.400 e. The van der Waals surface area contributed by atoms with E-state index in [9.17, 15) is 0 Å². The molecule has 0 aromatic heterocycles. The van der Waals surface area contributed by atoms with E-state index in [0.717, 1.165) is 7.11 Å².